The minimum atomic E-state index is -1.08. The molecule has 2 N–H and O–H groups in total. The molecular weight excluding hydrogens is 440 g/mol. The molecule has 0 aromatic heterocycles. The number of nitriles is 1. The van der Waals surface area contributed by atoms with Gasteiger partial charge in [0.1, 0.15) is 17.3 Å². The average molecular weight is 462 g/mol. The van der Waals surface area contributed by atoms with Crippen LogP contribution in [0.3, 0.4) is 0 Å². The molecule has 1 fully saturated rings. The Balaban J connectivity index is 1.81. The first-order valence-electron chi connectivity index (χ1n) is 10.2. The number of anilines is 1. The highest BCUT2D eigenvalue weighted by Crippen LogP contribution is 2.23. The predicted octanol–water partition coefficient (Wildman–Crippen LogP) is 4.18. The Morgan fingerprint density at radius 3 is 2.48 bits per heavy atom. The molecule has 33 heavy (non-hydrogen) atoms. The minimum absolute atomic E-state index is 0.0214. The van der Waals surface area contributed by atoms with Crippen LogP contribution >= 0.6 is 0 Å². The van der Waals surface area contributed by atoms with Gasteiger partial charge in [-0.05, 0) is 30.2 Å². The summed E-state index contributed by atoms with van der Waals surface area (Å²) in [5.41, 5.74) is -0.161. The molecule has 1 atom stereocenters. The summed E-state index contributed by atoms with van der Waals surface area (Å²) in [6.45, 7) is 4.46. The zero-order chi connectivity index (χ0) is 24.1. The quantitative estimate of drug-likeness (QED) is 0.236. The maximum atomic E-state index is 14.1. The van der Waals surface area contributed by atoms with E-state index in [0.29, 0.717) is 0 Å². The van der Waals surface area contributed by atoms with Crippen molar-refractivity contribution in [1.29, 1.82) is 5.26 Å². The summed E-state index contributed by atoms with van der Waals surface area (Å²) in [7, 11) is 0. The number of hydrogen-bond acceptors (Lipinski definition) is 3. The van der Waals surface area contributed by atoms with Crippen molar-refractivity contribution >= 4 is 23.4 Å². The zero-order valence-corrected chi connectivity index (χ0v) is 17.9. The maximum absolute atomic E-state index is 14.1. The fourth-order valence-electron chi connectivity index (χ4n) is 3.50. The lowest BCUT2D eigenvalue weighted by Gasteiger charge is -2.44. The number of benzene rings is 2. The molecule has 0 saturated carbocycles. The molecule has 3 rings (SSSR count). The highest BCUT2D eigenvalue weighted by atomic mass is 19.2. The van der Waals surface area contributed by atoms with Crippen molar-refractivity contribution in [3.8, 4) is 6.19 Å². The van der Waals surface area contributed by atoms with Crippen LogP contribution in [0.4, 0.5) is 33.7 Å². The largest absolute Gasteiger partial charge is 0.335 e. The van der Waals surface area contributed by atoms with Crippen molar-refractivity contribution in [2.24, 2.45) is 10.9 Å². The van der Waals surface area contributed by atoms with Gasteiger partial charge in [-0.1, -0.05) is 13.8 Å². The van der Waals surface area contributed by atoms with Crippen molar-refractivity contribution < 1.29 is 22.4 Å². The standard InChI is InChI=1S/C22H22F4N6O/c1-13(2)20-11-31(22(33)29-15-4-6-16(24)18(26)10-15)7-8-32(20)21(28-12-27)30-19-9-14(23)3-5-17(19)25/h3-6,9-10,13,20H,7-8,11H2,1-2H3,(H,28,30)(H,29,33). The van der Waals surface area contributed by atoms with E-state index in [2.05, 4.69) is 15.6 Å². The molecule has 0 spiro atoms. The van der Waals surface area contributed by atoms with E-state index in [9.17, 15) is 27.6 Å². The van der Waals surface area contributed by atoms with Crippen molar-refractivity contribution in [3.05, 3.63) is 59.7 Å². The van der Waals surface area contributed by atoms with Gasteiger partial charge in [0.25, 0.3) is 0 Å². The number of amides is 2. The molecule has 174 valence electrons. The molecule has 1 heterocycles. The summed E-state index contributed by atoms with van der Waals surface area (Å²) in [6, 6.07) is 5.05. The molecule has 7 nitrogen and oxygen atoms in total. The number of nitrogens with one attached hydrogen (secondary N) is 2. The van der Waals surface area contributed by atoms with E-state index in [1.54, 1.807) is 11.1 Å². The van der Waals surface area contributed by atoms with Crippen molar-refractivity contribution in [3.63, 3.8) is 0 Å². The zero-order valence-electron chi connectivity index (χ0n) is 17.9. The third-order valence-corrected chi connectivity index (χ3v) is 5.22. The molecule has 2 aromatic rings. The summed E-state index contributed by atoms with van der Waals surface area (Å²) in [5, 5.41) is 14.1. The van der Waals surface area contributed by atoms with Crippen LogP contribution in [-0.4, -0.2) is 47.5 Å². The first kappa shape index (κ1) is 23.8. The molecule has 2 aromatic carbocycles. The van der Waals surface area contributed by atoms with Gasteiger partial charge in [-0.3, -0.25) is 5.32 Å². The SMILES string of the molecule is CC(C)C1CN(C(=O)Nc2ccc(F)c(F)c2)CCN1C(=Nc1cc(F)ccc1F)NC#N. The van der Waals surface area contributed by atoms with E-state index in [0.717, 1.165) is 30.3 Å². The molecule has 1 unspecified atom stereocenters. The smallest absolute Gasteiger partial charge is 0.321 e. The van der Waals surface area contributed by atoms with Crippen LogP contribution in [0.15, 0.2) is 41.4 Å². The second kappa shape index (κ2) is 10.2. The van der Waals surface area contributed by atoms with Crippen LogP contribution in [-0.2, 0) is 0 Å². The Hall–Kier alpha value is -3.81. The number of carbonyl (C=O) groups is 1. The van der Waals surface area contributed by atoms with Gasteiger partial charge < -0.3 is 15.1 Å². The van der Waals surface area contributed by atoms with Gasteiger partial charge in [0.2, 0.25) is 5.96 Å². The number of aliphatic imine (C=N–C) groups is 1. The van der Waals surface area contributed by atoms with Gasteiger partial charge in [-0.15, -0.1) is 0 Å². The number of halogens is 4. The van der Waals surface area contributed by atoms with Crippen molar-refractivity contribution in [1.82, 2.24) is 15.1 Å². The Bertz CT molecular complexity index is 1100. The monoisotopic (exact) mass is 462 g/mol. The van der Waals surface area contributed by atoms with Gasteiger partial charge in [0.15, 0.2) is 17.8 Å². The second-order valence-electron chi connectivity index (χ2n) is 7.78. The van der Waals surface area contributed by atoms with Gasteiger partial charge in [-0.25, -0.2) is 27.3 Å². The van der Waals surface area contributed by atoms with E-state index in [4.69, 9.17) is 0 Å². The number of piperazine rings is 1. The number of rotatable bonds is 3. The van der Waals surface area contributed by atoms with Crippen molar-refractivity contribution in [2.75, 3.05) is 25.0 Å². The Labute approximate surface area is 188 Å². The van der Waals surface area contributed by atoms with Crippen LogP contribution < -0.4 is 10.6 Å². The van der Waals surface area contributed by atoms with E-state index in [1.165, 1.54) is 11.0 Å². The number of urea groups is 1. The topological polar surface area (TPSA) is 83.8 Å². The van der Waals surface area contributed by atoms with Gasteiger partial charge in [-0.2, -0.15) is 5.26 Å². The maximum Gasteiger partial charge on any atom is 0.321 e. The number of nitrogens with zero attached hydrogens (tertiary/aromatic N) is 4. The lowest BCUT2D eigenvalue weighted by molar-refractivity contribution is 0.118. The van der Waals surface area contributed by atoms with E-state index in [-0.39, 0.29) is 48.9 Å². The Kier molecular flexibility index (Phi) is 7.37. The number of hydrogen-bond donors (Lipinski definition) is 2. The second-order valence-corrected chi connectivity index (χ2v) is 7.78. The highest BCUT2D eigenvalue weighted by molar-refractivity contribution is 5.90. The Morgan fingerprint density at radius 2 is 1.82 bits per heavy atom. The molecule has 1 aliphatic heterocycles. The molecule has 0 bridgehead atoms. The molecule has 1 aliphatic rings. The van der Waals surface area contributed by atoms with Gasteiger partial charge in [0.05, 0.1) is 6.04 Å². The predicted molar refractivity (Wildman–Crippen MR) is 114 cm³/mol. The molecule has 11 heteroatoms. The molecule has 0 radical (unpaired) electrons. The molecule has 2 amide bonds. The fraction of sp³-hybridized carbons (Fsp3) is 0.318. The average Bonchev–Trinajstić information content (AvgIpc) is 2.78. The van der Waals surface area contributed by atoms with Crippen LogP contribution in [0.2, 0.25) is 0 Å². The first-order valence-corrected chi connectivity index (χ1v) is 10.2. The van der Waals surface area contributed by atoms with Crippen LogP contribution in [0.25, 0.3) is 0 Å². The summed E-state index contributed by atoms with van der Waals surface area (Å²) in [5.74, 6) is -3.52. The lowest BCUT2D eigenvalue weighted by atomic mass is 10.00. The Morgan fingerprint density at radius 1 is 1.09 bits per heavy atom. The number of carbonyl (C=O) groups excluding carboxylic acids is 1. The van der Waals surface area contributed by atoms with Crippen LogP contribution in [0.1, 0.15) is 13.8 Å². The van der Waals surface area contributed by atoms with Crippen LogP contribution in [0.5, 0.6) is 0 Å². The minimum Gasteiger partial charge on any atom is -0.335 e. The highest BCUT2D eigenvalue weighted by Gasteiger charge is 2.34. The molecule has 0 aliphatic carbocycles. The van der Waals surface area contributed by atoms with Crippen molar-refractivity contribution in [2.45, 2.75) is 19.9 Å². The molecular formula is C22H22F4N6O. The normalized spacial score (nSPS) is 16.5. The summed E-state index contributed by atoms with van der Waals surface area (Å²) >= 11 is 0. The summed E-state index contributed by atoms with van der Waals surface area (Å²) in [6.07, 6.45) is 1.76. The fourth-order valence-corrected chi connectivity index (χ4v) is 3.50. The first-order chi connectivity index (χ1) is 15.7. The van der Waals surface area contributed by atoms with E-state index < -0.39 is 29.3 Å². The van der Waals surface area contributed by atoms with E-state index in [1.807, 2.05) is 13.8 Å². The van der Waals surface area contributed by atoms with Crippen LogP contribution in [0, 0.1) is 40.6 Å². The number of guanidine groups is 1. The third kappa shape index (κ3) is 5.71. The van der Waals surface area contributed by atoms with Gasteiger partial charge in [0, 0.05) is 37.5 Å². The van der Waals surface area contributed by atoms with E-state index >= 15 is 0 Å². The van der Waals surface area contributed by atoms with Gasteiger partial charge >= 0.3 is 6.03 Å². The summed E-state index contributed by atoms with van der Waals surface area (Å²) < 4.78 is 54.2. The lowest BCUT2D eigenvalue weighted by Crippen LogP contribution is -2.60. The third-order valence-electron chi connectivity index (χ3n) is 5.22. The molecule has 1 saturated heterocycles. The summed E-state index contributed by atoms with van der Waals surface area (Å²) in [4.78, 5) is 20.0.